The van der Waals surface area contributed by atoms with Crippen LogP contribution in [0.2, 0.25) is 0 Å². The Labute approximate surface area is 80.4 Å². The van der Waals surface area contributed by atoms with Gasteiger partial charge in [-0.3, -0.25) is 0 Å². The molecule has 0 radical (unpaired) electrons. The van der Waals surface area contributed by atoms with Gasteiger partial charge >= 0.3 is 11.9 Å². The highest BCUT2D eigenvalue weighted by Gasteiger charge is 2.31. The lowest BCUT2D eigenvalue weighted by Crippen LogP contribution is -2.40. The SMILES string of the molecule is CC=C(C)OC(=O)C(O)C(O)C(=O)O. The maximum Gasteiger partial charge on any atom is 0.343 e. The summed E-state index contributed by atoms with van der Waals surface area (Å²) < 4.78 is 4.48. The van der Waals surface area contributed by atoms with Gasteiger partial charge in [-0.1, -0.05) is 0 Å². The molecule has 6 heteroatoms. The Kier molecular flexibility index (Phi) is 4.82. The van der Waals surface area contributed by atoms with Crippen LogP contribution in [0.1, 0.15) is 13.8 Å². The number of esters is 1. The molecule has 2 atom stereocenters. The molecular weight excluding hydrogens is 192 g/mol. The number of aliphatic carboxylic acids is 1. The number of ether oxygens (including phenoxy) is 1. The van der Waals surface area contributed by atoms with Gasteiger partial charge in [-0.05, 0) is 19.9 Å². The highest BCUT2D eigenvalue weighted by Crippen LogP contribution is 2.02. The third kappa shape index (κ3) is 3.55. The highest BCUT2D eigenvalue weighted by molar-refractivity contribution is 5.84. The molecule has 0 saturated carbocycles. The molecule has 0 rings (SSSR count). The van der Waals surface area contributed by atoms with Gasteiger partial charge in [0.05, 0.1) is 0 Å². The van der Waals surface area contributed by atoms with Gasteiger partial charge in [-0.25, -0.2) is 9.59 Å². The van der Waals surface area contributed by atoms with Crippen molar-refractivity contribution in [3.63, 3.8) is 0 Å². The molecule has 0 aromatic rings. The van der Waals surface area contributed by atoms with Gasteiger partial charge in [0.1, 0.15) is 5.76 Å². The number of carbonyl (C=O) groups excluding carboxylic acids is 1. The normalized spacial score (nSPS) is 15.9. The number of carboxylic acids is 1. The number of aliphatic hydroxyl groups is 2. The van der Waals surface area contributed by atoms with Crippen molar-refractivity contribution in [1.29, 1.82) is 0 Å². The minimum Gasteiger partial charge on any atom is -0.479 e. The van der Waals surface area contributed by atoms with Crippen LogP contribution in [-0.2, 0) is 14.3 Å². The van der Waals surface area contributed by atoms with Crippen molar-refractivity contribution < 1.29 is 29.6 Å². The fourth-order valence-electron chi connectivity index (χ4n) is 0.542. The summed E-state index contributed by atoms with van der Waals surface area (Å²) in [6.45, 7) is 3.06. The van der Waals surface area contributed by atoms with Crippen LogP contribution in [0.5, 0.6) is 0 Å². The van der Waals surface area contributed by atoms with Gasteiger partial charge in [0.2, 0.25) is 0 Å². The largest absolute Gasteiger partial charge is 0.479 e. The van der Waals surface area contributed by atoms with E-state index in [4.69, 9.17) is 15.3 Å². The van der Waals surface area contributed by atoms with E-state index in [9.17, 15) is 9.59 Å². The first kappa shape index (κ1) is 12.6. The second-order valence-corrected chi connectivity index (χ2v) is 2.55. The summed E-state index contributed by atoms with van der Waals surface area (Å²) in [5.41, 5.74) is 0. The Morgan fingerprint density at radius 2 is 1.79 bits per heavy atom. The molecule has 0 aromatic carbocycles. The number of carbonyl (C=O) groups is 2. The first-order chi connectivity index (χ1) is 6.40. The first-order valence-electron chi connectivity index (χ1n) is 3.83. The molecule has 2 unspecified atom stereocenters. The van der Waals surface area contributed by atoms with E-state index < -0.39 is 24.1 Å². The van der Waals surface area contributed by atoms with E-state index in [2.05, 4.69) is 4.74 Å². The second kappa shape index (κ2) is 5.36. The molecule has 3 N–H and O–H groups in total. The zero-order valence-corrected chi connectivity index (χ0v) is 7.80. The first-order valence-corrected chi connectivity index (χ1v) is 3.83. The van der Waals surface area contributed by atoms with Crippen molar-refractivity contribution in [3.8, 4) is 0 Å². The molecule has 0 bridgehead atoms. The van der Waals surface area contributed by atoms with Gasteiger partial charge in [0, 0.05) is 0 Å². The average molecular weight is 204 g/mol. The number of carboxylic acid groups (broad SMARTS) is 1. The molecule has 14 heavy (non-hydrogen) atoms. The molecule has 0 aliphatic carbocycles. The number of hydrogen-bond acceptors (Lipinski definition) is 5. The topological polar surface area (TPSA) is 104 Å². The summed E-state index contributed by atoms with van der Waals surface area (Å²) in [6, 6.07) is 0. The molecule has 0 heterocycles. The smallest absolute Gasteiger partial charge is 0.343 e. The summed E-state index contributed by atoms with van der Waals surface area (Å²) in [7, 11) is 0. The van der Waals surface area contributed by atoms with E-state index in [1.165, 1.54) is 13.0 Å². The van der Waals surface area contributed by atoms with Gasteiger partial charge in [-0.2, -0.15) is 0 Å². The predicted molar refractivity (Wildman–Crippen MR) is 45.2 cm³/mol. The molecular formula is C8H12O6. The van der Waals surface area contributed by atoms with Crippen molar-refractivity contribution in [3.05, 3.63) is 11.8 Å². The van der Waals surface area contributed by atoms with Crippen LogP contribution in [0.4, 0.5) is 0 Å². The van der Waals surface area contributed by atoms with Crippen LogP contribution >= 0.6 is 0 Å². The van der Waals surface area contributed by atoms with Crippen LogP contribution in [0.25, 0.3) is 0 Å². The fraction of sp³-hybridized carbons (Fsp3) is 0.500. The van der Waals surface area contributed by atoms with Crippen LogP contribution in [-0.4, -0.2) is 39.5 Å². The summed E-state index contributed by atoms with van der Waals surface area (Å²) >= 11 is 0. The fourth-order valence-corrected chi connectivity index (χ4v) is 0.542. The third-order valence-corrected chi connectivity index (χ3v) is 1.46. The van der Waals surface area contributed by atoms with Crippen molar-refractivity contribution in [2.75, 3.05) is 0 Å². The Balaban J connectivity index is 4.33. The summed E-state index contributed by atoms with van der Waals surface area (Å²) in [5.74, 6) is -2.67. The predicted octanol–water partition coefficient (Wildman–Crippen LogP) is -0.740. The standard InChI is InChI=1S/C8H12O6/c1-3-4(2)14-8(13)6(10)5(9)7(11)12/h3,5-6,9-10H,1-2H3,(H,11,12). The Morgan fingerprint density at radius 1 is 1.29 bits per heavy atom. The molecule has 0 aliphatic rings. The maximum absolute atomic E-state index is 10.9. The molecule has 0 spiro atoms. The van der Waals surface area contributed by atoms with Gasteiger partial charge in [0.15, 0.2) is 12.2 Å². The van der Waals surface area contributed by atoms with Crippen molar-refractivity contribution >= 4 is 11.9 Å². The van der Waals surface area contributed by atoms with E-state index in [0.717, 1.165) is 0 Å². The summed E-state index contributed by atoms with van der Waals surface area (Å²) in [6.07, 6.45) is -2.80. The Morgan fingerprint density at radius 3 is 2.14 bits per heavy atom. The molecule has 80 valence electrons. The van der Waals surface area contributed by atoms with Crippen LogP contribution in [0.15, 0.2) is 11.8 Å². The van der Waals surface area contributed by atoms with E-state index in [0.29, 0.717) is 0 Å². The average Bonchev–Trinajstić information content (AvgIpc) is 2.14. The van der Waals surface area contributed by atoms with Crippen LogP contribution < -0.4 is 0 Å². The molecule has 0 amide bonds. The van der Waals surface area contributed by atoms with E-state index in [1.54, 1.807) is 6.92 Å². The van der Waals surface area contributed by atoms with Gasteiger partial charge in [-0.15, -0.1) is 0 Å². The summed E-state index contributed by atoms with van der Waals surface area (Å²) in [4.78, 5) is 21.1. The van der Waals surface area contributed by atoms with E-state index in [-0.39, 0.29) is 5.76 Å². The zero-order chi connectivity index (χ0) is 11.3. The number of allylic oxidation sites excluding steroid dienone is 2. The Hall–Kier alpha value is -1.40. The van der Waals surface area contributed by atoms with Crippen LogP contribution in [0.3, 0.4) is 0 Å². The van der Waals surface area contributed by atoms with Crippen LogP contribution in [0, 0.1) is 0 Å². The lowest BCUT2D eigenvalue weighted by atomic mass is 10.2. The quantitative estimate of drug-likeness (QED) is 0.411. The zero-order valence-electron chi connectivity index (χ0n) is 7.80. The third-order valence-electron chi connectivity index (χ3n) is 1.46. The minimum atomic E-state index is -2.17. The number of rotatable bonds is 4. The van der Waals surface area contributed by atoms with E-state index >= 15 is 0 Å². The molecule has 0 saturated heterocycles. The van der Waals surface area contributed by atoms with Gasteiger partial charge < -0.3 is 20.1 Å². The monoisotopic (exact) mass is 204 g/mol. The lowest BCUT2D eigenvalue weighted by Gasteiger charge is -2.12. The molecule has 0 aromatic heterocycles. The van der Waals surface area contributed by atoms with Crippen molar-refractivity contribution in [2.24, 2.45) is 0 Å². The number of hydrogen-bond donors (Lipinski definition) is 3. The van der Waals surface area contributed by atoms with Gasteiger partial charge in [0.25, 0.3) is 0 Å². The van der Waals surface area contributed by atoms with E-state index in [1.807, 2.05) is 0 Å². The van der Waals surface area contributed by atoms with Crippen molar-refractivity contribution in [1.82, 2.24) is 0 Å². The number of aliphatic hydroxyl groups excluding tert-OH is 2. The van der Waals surface area contributed by atoms with Crippen molar-refractivity contribution in [2.45, 2.75) is 26.1 Å². The Bertz CT molecular complexity index is 257. The highest BCUT2D eigenvalue weighted by atomic mass is 16.6. The molecule has 6 nitrogen and oxygen atoms in total. The summed E-state index contributed by atoms with van der Waals surface area (Å²) in [5, 5.41) is 26.0. The lowest BCUT2D eigenvalue weighted by molar-refractivity contribution is -0.167. The molecule has 0 aliphatic heterocycles. The maximum atomic E-state index is 10.9. The second-order valence-electron chi connectivity index (χ2n) is 2.55. The minimum absolute atomic E-state index is 0.214. The molecule has 0 fully saturated rings.